The molecule has 5 N–H and O–H groups in total. The van der Waals surface area contributed by atoms with E-state index in [2.05, 4.69) is 0 Å². The quantitative estimate of drug-likeness (QED) is 0.676. The lowest BCUT2D eigenvalue weighted by atomic mass is 10.2. The number of hydrogen-bond donors (Lipinski definition) is 3. The van der Waals surface area contributed by atoms with Gasteiger partial charge in [-0.25, -0.2) is 4.79 Å². The number of urea groups is 1. The number of carbonyl (C=O) groups is 2. The molecule has 104 valence electrons. The Balaban J connectivity index is 2.71. The molecule has 0 saturated carbocycles. The van der Waals surface area contributed by atoms with Gasteiger partial charge in [0.2, 0.25) is 0 Å². The zero-order valence-corrected chi connectivity index (χ0v) is 10.6. The van der Waals surface area contributed by atoms with E-state index in [0.29, 0.717) is 24.7 Å². The van der Waals surface area contributed by atoms with Crippen LogP contribution < -0.4 is 26.3 Å². The Bertz CT molecular complexity index is 462. The smallest absolute Gasteiger partial charge is 0.318 e. The Labute approximate surface area is 110 Å². The van der Waals surface area contributed by atoms with Crippen molar-refractivity contribution in [3.05, 3.63) is 23.8 Å². The number of nitrogens with two attached hydrogens (primary N) is 2. The molecule has 1 rings (SSSR count). The van der Waals surface area contributed by atoms with E-state index in [9.17, 15) is 9.59 Å². The first-order valence-corrected chi connectivity index (χ1v) is 5.74. The predicted octanol–water partition coefficient (Wildman–Crippen LogP) is 0.118. The SMILES string of the molecule is CCOc1cc(CN)ccc1OCC(=O)NC(N)=O. The summed E-state index contributed by atoms with van der Waals surface area (Å²) in [5.41, 5.74) is 11.2. The van der Waals surface area contributed by atoms with Gasteiger partial charge in [0, 0.05) is 6.54 Å². The van der Waals surface area contributed by atoms with Crippen LogP contribution in [-0.4, -0.2) is 25.2 Å². The molecule has 0 spiro atoms. The lowest BCUT2D eigenvalue weighted by Gasteiger charge is -2.12. The van der Waals surface area contributed by atoms with Gasteiger partial charge >= 0.3 is 6.03 Å². The average molecular weight is 267 g/mol. The van der Waals surface area contributed by atoms with E-state index >= 15 is 0 Å². The molecule has 1 aromatic rings. The van der Waals surface area contributed by atoms with Gasteiger partial charge in [0.25, 0.3) is 5.91 Å². The summed E-state index contributed by atoms with van der Waals surface area (Å²) in [6.07, 6.45) is 0. The normalized spacial score (nSPS) is 9.79. The number of hydrogen-bond acceptors (Lipinski definition) is 5. The second kappa shape index (κ2) is 7.22. The third kappa shape index (κ3) is 4.84. The van der Waals surface area contributed by atoms with E-state index in [0.717, 1.165) is 5.56 Å². The highest BCUT2D eigenvalue weighted by molar-refractivity contribution is 5.94. The third-order valence-electron chi connectivity index (χ3n) is 2.17. The van der Waals surface area contributed by atoms with E-state index in [1.807, 2.05) is 12.2 Å². The number of rotatable bonds is 6. The standard InChI is InChI=1S/C12H17N3O4/c1-2-18-10-5-8(6-13)3-4-9(10)19-7-11(16)15-12(14)17/h3-5H,2,6-7,13H2,1H3,(H3,14,15,16,17). The molecule has 0 atom stereocenters. The lowest BCUT2D eigenvalue weighted by Crippen LogP contribution is -2.38. The fourth-order valence-corrected chi connectivity index (χ4v) is 1.38. The summed E-state index contributed by atoms with van der Waals surface area (Å²) < 4.78 is 10.7. The van der Waals surface area contributed by atoms with E-state index in [1.54, 1.807) is 18.2 Å². The van der Waals surface area contributed by atoms with Crippen molar-refractivity contribution in [2.45, 2.75) is 13.5 Å². The van der Waals surface area contributed by atoms with E-state index < -0.39 is 11.9 Å². The molecule has 0 unspecified atom stereocenters. The van der Waals surface area contributed by atoms with Crippen molar-refractivity contribution in [1.82, 2.24) is 5.32 Å². The van der Waals surface area contributed by atoms with E-state index in [4.69, 9.17) is 20.9 Å². The first-order chi connectivity index (χ1) is 9.06. The molecule has 7 heteroatoms. The van der Waals surface area contributed by atoms with Crippen LogP contribution in [0.3, 0.4) is 0 Å². The second-order valence-corrected chi connectivity index (χ2v) is 3.62. The molecule has 0 radical (unpaired) electrons. The maximum Gasteiger partial charge on any atom is 0.318 e. The van der Waals surface area contributed by atoms with Gasteiger partial charge in [0.1, 0.15) is 0 Å². The summed E-state index contributed by atoms with van der Waals surface area (Å²) in [7, 11) is 0. The fourth-order valence-electron chi connectivity index (χ4n) is 1.38. The summed E-state index contributed by atoms with van der Waals surface area (Å²) in [5.74, 6) is 0.272. The molecular formula is C12H17N3O4. The van der Waals surface area contributed by atoms with Crippen LogP contribution in [0.1, 0.15) is 12.5 Å². The summed E-state index contributed by atoms with van der Waals surface area (Å²) in [5, 5.41) is 1.90. The zero-order valence-electron chi connectivity index (χ0n) is 10.6. The minimum absolute atomic E-state index is 0.328. The van der Waals surface area contributed by atoms with Crippen molar-refractivity contribution >= 4 is 11.9 Å². The largest absolute Gasteiger partial charge is 0.490 e. The van der Waals surface area contributed by atoms with Crippen LogP contribution >= 0.6 is 0 Å². The van der Waals surface area contributed by atoms with E-state index in [-0.39, 0.29) is 6.61 Å². The molecule has 19 heavy (non-hydrogen) atoms. The maximum atomic E-state index is 11.2. The predicted molar refractivity (Wildman–Crippen MR) is 68.7 cm³/mol. The van der Waals surface area contributed by atoms with Crippen LogP contribution in [0.4, 0.5) is 4.79 Å². The molecular weight excluding hydrogens is 250 g/mol. The van der Waals surface area contributed by atoms with Gasteiger partial charge in [-0.1, -0.05) is 6.07 Å². The number of benzene rings is 1. The van der Waals surface area contributed by atoms with Crippen molar-refractivity contribution in [2.24, 2.45) is 11.5 Å². The Morgan fingerprint density at radius 1 is 1.26 bits per heavy atom. The molecule has 0 aliphatic rings. The van der Waals surface area contributed by atoms with Gasteiger partial charge in [-0.05, 0) is 24.6 Å². The minimum atomic E-state index is -0.919. The van der Waals surface area contributed by atoms with Gasteiger partial charge in [-0.15, -0.1) is 0 Å². The zero-order chi connectivity index (χ0) is 14.3. The number of amides is 3. The lowest BCUT2D eigenvalue weighted by molar-refractivity contribution is -0.121. The summed E-state index contributed by atoms with van der Waals surface area (Å²) in [6, 6.07) is 4.25. The number of nitrogens with one attached hydrogen (secondary N) is 1. The molecule has 0 aromatic heterocycles. The highest BCUT2D eigenvalue weighted by atomic mass is 16.5. The van der Waals surface area contributed by atoms with Crippen LogP contribution in [-0.2, 0) is 11.3 Å². The molecule has 0 aliphatic carbocycles. The molecule has 0 saturated heterocycles. The molecule has 3 amide bonds. The van der Waals surface area contributed by atoms with Crippen molar-refractivity contribution in [3.63, 3.8) is 0 Å². The topological polar surface area (TPSA) is 117 Å². The molecule has 0 bridgehead atoms. The Hall–Kier alpha value is -2.28. The Kier molecular flexibility index (Phi) is 5.62. The fraction of sp³-hybridized carbons (Fsp3) is 0.333. The van der Waals surface area contributed by atoms with Crippen LogP contribution in [0.25, 0.3) is 0 Å². The average Bonchev–Trinajstić information content (AvgIpc) is 2.36. The van der Waals surface area contributed by atoms with Gasteiger partial charge in [-0.3, -0.25) is 10.1 Å². The van der Waals surface area contributed by atoms with Crippen LogP contribution in [0.5, 0.6) is 11.5 Å². The van der Waals surface area contributed by atoms with Gasteiger partial charge in [0.05, 0.1) is 6.61 Å². The summed E-state index contributed by atoms with van der Waals surface area (Å²) in [6.45, 7) is 2.34. The minimum Gasteiger partial charge on any atom is -0.490 e. The summed E-state index contributed by atoms with van der Waals surface area (Å²) in [4.78, 5) is 21.7. The summed E-state index contributed by atoms with van der Waals surface area (Å²) >= 11 is 0. The number of primary amides is 1. The molecule has 1 aromatic carbocycles. The number of imide groups is 1. The Morgan fingerprint density at radius 3 is 2.58 bits per heavy atom. The van der Waals surface area contributed by atoms with Crippen molar-refractivity contribution in [2.75, 3.05) is 13.2 Å². The molecule has 0 heterocycles. The first kappa shape index (κ1) is 14.8. The maximum absolute atomic E-state index is 11.2. The third-order valence-corrected chi connectivity index (χ3v) is 2.17. The number of ether oxygens (including phenoxy) is 2. The molecule has 0 aliphatic heterocycles. The highest BCUT2D eigenvalue weighted by Gasteiger charge is 2.09. The number of carbonyl (C=O) groups excluding carboxylic acids is 2. The molecule has 0 fully saturated rings. The van der Waals surface area contributed by atoms with Crippen LogP contribution in [0, 0.1) is 0 Å². The van der Waals surface area contributed by atoms with E-state index in [1.165, 1.54) is 0 Å². The second-order valence-electron chi connectivity index (χ2n) is 3.62. The van der Waals surface area contributed by atoms with Gasteiger partial charge < -0.3 is 20.9 Å². The van der Waals surface area contributed by atoms with Crippen molar-refractivity contribution < 1.29 is 19.1 Å². The van der Waals surface area contributed by atoms with Gasteiger partial charge in [-0.2, -0.15) is 0 Å². The Morgan fingerprint density at radius 2 is 2.00 bits per heavy atom. The monoisotopic (exact) mass is 267 g/mol. The van der Waals surface area contributed by atoms with Gasteiger partial charge in [0.15, 0.2) is 18.1 Å². The molecule has 7 nitrogen and oxygen atoms in total. The highest BCUT2D eigenvalue weighted by Crippen LogP contribution is 2.28. The van der Waals surface area contributed by atoms with Crippen molar-refractivity contribution in [1.29, 1.82) is 0 Å². The van der Waals surface area contributed by atoms with Crippen LogP contribution in [0.15, 0.2) is 18.2 Å². The first-order valence-electron chi connectivity index (χ1n) is 5.74. The van der Waals surface area contributed by atoms with Crippen LogP contribution in [0.2, 0.25) is 0 Å². The van der Waals surface area contributed by atoms with Crippen molar-refractivity contribution in [3.8, 4) is 11.5 Å².